The van der Waals surface area contributed by atoms with Crippen molar-refractivity contribution < 1.29 is 14.7 Å². The molecular formula is C19H20N2O3S. The number of aromatic hydroxyl groups is 1. The van der Waals surface area contributed by atoms with Crippen LogP contribution >= 0.6 is 11.8 Å². The van der Waals surface area contributed by atoms with Gasteiger partial charge in [-0.3, -0.25) is 9.59 Å². The lowest BCUT2D eigenvalue weighted by molar-refractivity contribution is -0.138. The maximum Gasteiger partial charge on any atom is 0.243 e. The molecule has 1 aliphatic heterocycles. The van der Waals surface area contributed by atoms with Gasteiger partial charge in [0.1, 0.15) is 17.2 Å². The third-order valence-corrected chi connectivity index (χ3v) is 5.48. The molecule has 1 aliphatic rings. The first-order valence-electron chi connectivity index (χ1n) is 8.08. The van der Waals surface area contributed by atoms with Crippen molar-refractivity contribution >= 4 is 23.6 Å². The van der Waals surface area contributed by atoms with E-state index in [1.54, 1.807) is 23.1 Å². The molecule has 2 N–H and O–H groups in total. The fourth-order valence-corrected chi connectivity index (χ4v) is 4.44. The SMILES string of the molecule is CC(=O)N1[C@@H](c2ccccc2O)SC[C@H]1C(=O)NCc1ccccc1. The van der Waals surface area contributed by atoms with Crippen LogP contribution in [0.25, 0.3) is 0 Å². The smallest absolute Gasteiger partial charge is 0.243 e. The van der Waals surface area contributed by atoms with E-state index in [0.29, 0.717) is 17.9 Å². The number of thioether (sulfide) groups is 1. The standard InChI is InChI=1S/C19H20N2O3S/c1-13(22)21-16(18(24)20-11-14-7-3-2-4-8-14)12-25-19(21)15-9-5-6-10-17(15)23/h2-10,16,19,23H,11-12H2,1H3,(H,20,24)/t16-,19+/m0/s1. The second kappa shape index (κ2) is 7.61. The molecule has 0 aromatic heterocycles. The Hall–Kier alpha value is -2.47. The number of para-hydroxylation sites is 1. The number of carbonyl (C=O) groups is 2. The first-order valence-corrected chi connectivity index (χ1v) is 9.13. The summed E-state index contributed by atoms with van der Waals surface area (Å²) in [6.45, 7) is 1.88. The van der Waals surface area contributed by atoms with Crippen LogP contribution in [0.15, 0.2) is 54.6 Å². The number of nitrogens with one attached hydrogen (secondary N) is 1. The maximum absolute atomic E-state index is 12.6. The van der Waals surface area contributed by atoms with Crippen molar-refractivity contribution in [1.82, 2.24) is 10.2 Å². The number of phenolic OH excluding ortho intramolecular Hbond substituents is 1. The zero-order chi connectivity index (χ0) is 17.8. The number of rotatable bonds is 4. The summed E-state index contributed by atoms with van der Waals surface area (Å²) >= 11 is 1.49. The molecule has 0 saturated carbocycles. The molecular weight excluding hydrogens is 336 g/mol. The van der Waals surface area contributed by atoms with Gasteiger partial charge in [0, 0.05) is 24.8 Å². The number of carbonyl (C=O) groups excluding carboxylic acids is 2. The van der Waals surface area contributed by atoms with Gasteiger partial charge < -0.3 is 15.3 Å². The molecule has 0 aliphatic carbocycles. The van der Waals surface area contributed by atoms with Crippen molar-refractivity contribution in [2.75, 3.05) is 5.75 Å². The molecule has 0 bridgehead atoms. The molecule has 2 aromatic carbocycles. The number of phenols is 1. The first kappa shape index (κ1) is 17.4. The average molecular weight is 356 g/mol. The van der Waals surface area contributed by atoms with Crippen LogP contribution in [0.2, 0.25) is 0 Å². The molecule has 25 heavy (non-hydrogen) atoms. The van der Waals surface area contributed by atoms with E-state index in [4.69, 9.17) is 0 Å². The van der Waals surface area contributed by atoms with Crippen molar-refractivity contribution in [3.8, 4) is 5.75 Å². The fourth-order valence-electron chi connectivity index (χ4n) is 2.93. The minimum Gasteiger partial charge on any atom is -0.508 e. The summed E-state index contributed by atoms with van der Waals surface area (Å²) in [7, 11) is 0. The monoisotopic (exact) mass is 356 g/mol. The Kier molecular flexibility index (Phi) is 5.28. The van der Waals surface area contributed by atoms with Gasteiger partial charge in [-0.1, -0.05) is 48.5 Å². The number of benzene rings is 2. The van der Waals surface area contributed by atoms with Crippen molar-refractivity contribution in [1.29, 1.82) is 0 Å². The highest BCUT2D eigenvalue weighted by molar-refractivity contribution is 7.99. The van der Waals surface area contributed by atoms with Gasteiger partial charge in [0.25, 0.3) is 0 Å². The van der Waals surface area contributed by atoms with Crippen molar-refractivity contribution in [3.05, 3.63) is 65.7 Å². The van der Waals surface area contributed by atoms with E-state index in [0.717, 1.165) is 5.56 Å². The Balaban J connectivity index is 1.74. The molecule has 2 atom stereocenters. The van der Waals surface area contributed by atoms with Crippen LogP contribution in [0.5, 0.6) is 5.75 Å². The van der Waals surface area contributed by atoms with Gasteiger partial charge in [-0.05, 0) is 11.6 Å². The lowest BCUT2D eigenvalue weighted by atomic mass is 10.1. The predicted molar refractivity (Wildman–Crippen MR) is 97.9 cm³/mol. The molecule has 1 heterocycles. The third kappa shape index (κ3) is 3.79. The molecule has 5 nitrogen and oxygen atoms in total. The molecule has 0 radical (unpaired) electrons. The third-order valence-electron chi connectivity index (χ3n) is 4.18. The Bertz CT molecular complexity index is 766. The molecule has 130 valence electrons. The van der Waals surface area contributed by atoms with Gasteiger partial charge in [0.15, 0.2) is 0 Å². The Morgan fingerprint density at radius 2 is 1.84 bits per heavy atom. The summed E-state index contributed by atoms with van der Waals surface area (Å²) in [6.07, 6.45) is 0. The maximum atomic E-state index is 12.6. The molecule has 1 saturated heterocycles. The molecule has 0 spiro atoms. The van der Waals surface area contributed by atoms with Crippen LogP contribution in [-0.4, -0.2) is 33.6 Å². The van der Waals surface area contributed by atoms with E-state index in [1.165, 1.54) is 18.7 Å². The summed E-state index contributed by atoms with van der Waals surface area (Å²) in [5.74, 6) is 0.276. The average Bonchev–Trinajstić information content (AvgIpc) is 3.06. The van der Waals surface area contributed by atoms with Crippen LogP contribution in [0.1, 0.15) is 23.4 Å². The molecule has 1 fully saturated rings. The van der Waals surface area contributed by atoms with Crippen LogP contribution < -0.4 is 5.32 Å². The summed E-state index contributed by atoms with van der Waals surface area (Å²) < 4.78 is 0. The Labute approximate surface area is 151 Å². The normalized spacial score (nSPS) is 19.6. The lowest BCUT2D eigenvalue weighted by Crippen LogP contribution is -2.47. The molecule has 2 aromatic rings. The minimum atomic E-state index is -0.546. The second-order valence-electron chi connectivity index (χ2n) is 5.89. The highest BCUT2D eigenvalue weighted by atomic mass is 32.2. The zero-order valence-electron chi connectivity index (χ0n) is 13.9. The van der Waals surface area contributed by atoms with Gasteiger partial charge in [-0.25, -0.2) is 0 Å². The van der Waals surface area contributed by atoms with Gasteiger partial charge in [0.05, 0.1) is 0 Å². The Morgan fingerprint density at radius 3 is 2.52 bits per heavy atom. The van der Waals surface area contributed by atoms with Crippen molar-refractivity contribution in [2.24, 2.45) is 0 Å². The van der Waals surface area contributed by atoms with Gasteiger partial charge in [-0.2, -0.15) is 0 Å². The second-order valence-corrected chi connectivity index (χ2v) is 7.00. The van der Waals surface area contributed by atoms with E-state index in [2.05, 4.69) is 5.32 Å². The summed E-state index contributed by atoms with van der Waals surface area (Å²) in [4.78, 5) is 26.4. The molecule has 3 rings (SSSR count). The number of hydrogen-bond donors (Lipinski definition) is 2. The largest absolute Gasteiger partial charge is 0.508 e. The summed E-state index contributed by atoms with van der Waals surface area (Å²) in [5.41, 5.74) is 1.66. The fraction of sp³-hybridized carbons (Fsp3) is 0.263. The van der Waals surface area contributed by atoms with Crippen LogP contribution in [0.4, 0.5) is 0 Å². The molecule has 0 unspecified atom stereocenters. The van der Waals surface area contributed by atoms with E-state index in [-0.39, 0.29) is 22.9 Å². The van der Waals surface area contributed by atoms with Gasteiger partial charge in [-0.15, -0.1) is 11.8 Å². The van der Waals surface area contributed by atoms with E-state index >= 15 is 0 Å². The quantitative estimate of drug-likeness (QED) is 0.884. The minimum absolute atomic E-state index is 0.136. The van der Waals surface area contributed by atoms with Crippen LogP contribution in [0.3, 0.4) is 0 Å². The highest BCUT2D eigenvalue weighted by Crippen LogP contribution is 2.44. The number of amides is 2. The van der Waals surface area contributed by atoms with E-state index in [1.807, 2.05) is 36.4 Å². The summed E-state index contributed by atoms with van der Waals surface area (Å²) in [6, 6.07) is 16.0. The van der Waals surface area contributed by atoms with Gasteiger partial charge >= 0.3 is 0 Å². The first-order chi connectivity index (χ1) is 12.1. The number of nitrogens with zero attached hydrogens (tertiary/aromatic N) is 1. The number of hydrogen-bond acceptors (Lipinski definition) is 4. The summed E-state index contributed by atoms with van der Waals surface area (Å²) in [5, 5.41) is 12.6. The highest BCUT2D eigenvalue weighted by Gasteiger charge is 2.41. The van der Waals surface area contributed by atoms with Gasteiger partial charge in [0.2, 0.25) is 11.8 Å². The Morgan fingerprint density at radius 1 is 1.16 bits per heavy atom. The van der Waals surface area contributed by atoms with E-state index in [9.17, 15) is 14.7 Å². The topological polar surface area (TPSA) is 69.6 Å². The van der Waals surface area contributed by atoms with Crippen molar-refractivity contribution in [3.63, 3.8) is 0 Å². The van der Waals surface area contributed by atoms with Crippen molar-refractivity contribution in [2.45, 2.75) is 24.9 Å². The van der Waals surface area contributed by atoms with Crippen LogP contribution in [0, 0.1) is 0 Å². The molecule has 6 heteroatoms. The molecule has 2 amide bonds. The zero-order valence-corrected chi connectivity index (χ0v) is 14.7. The predicted octanol–water partition coefficient (Wildman–Crippen LogP) is 2.67. The lowest BCUT2D eigenvalue weighted by Gasteiger charge is -2.28. The van der Waals surface area contributed by atoms with E-state index < -0.39 is 6.04 Å². The van der Waals surface area contributed by atoms with Crippen LogP contribution in [-0.2, 0) is 16.1 Å².